The molecule has 1 aliphatic heterocycles. The number of pyridine rings is 1. The van der Waals surface area contributed by atoms with E-state index in [1.165, 1.54) is 11.1 Å². The fraction of sp³-hybridized carbons (Fsp3) is 0.238. The van der Waals surface area contributed by atoms with Gasteiger partial charge in [-0.25, -0.2) is 4.98 Å². The number of nitrogens with zero attached hydrogens (tertiary/aromatic N) is 2. The van der Waals surface area contributed by atoms with E-state index in [2.05, 4.69) is 28.2 Å². The predicted molar refractivity (Wildman–Crippen MR) is 101 cm³/mol. The molecule has 0 atom stereocenters. The van der Waals surface area contributed by atoms with Gasteiger partial charge in [-0.05, 0) is 50.1 Å². The second-order valence-electron chi connectivity index (χ2n) is 6.71. The number of benzene rings is 1. The summed E-state index contributed by atoms with van der Waals surface area (Å²) in [7, 11) is 0. The monoisotopic (exact) mass is 331 g/mol. The number of fused-ring (bicyclic) bond motifs is 1. The molecule has 4 rings (SSSR count). The molecule has 0 radical (unpaired) electrons. The van der Waals surface area contributed by atoms with Crippen LogP contribution in [0, 0.1) is 13.8 Å². The maximum absolute atomic E-state index is 12.8. The van der Waals surface area contributed by atoms with E-state index in [0.717, 1.165) is 40.7 Å². The van der Waals surface area contributed by atoms with E-state index >= 15 is 0 Å². The van der Waals surface area contributed by atoms with Crippen LogP contribution in [0.25, 0.3) is 16.6 Å². The average Bonchev–Trinajstić information content (AvgIpc) is 3.04. The number of aryl methyl sites for hydroxylation is 2. The van der Waals surface area contributed by atoms with Crippen molar-refractivity contribution in [1.82, 2.24) is 14.9 Å². The minimum absolute atomic E-state index is 0.114. The zero-order valence-corrected chi connectivity index (χ0v) is 14.5. The quantitative estimate of drug-likeness (QED) is 0.768. The number of hydrogen-bond donors (Lipinski definition) is 1. The van der Waals surface area contributed by atoms with Crippen LogP contribution in [0.15, 0.2) is 48.8 Å². The number of rotatable bonds is 2. The molecular formula is C21H21N3O. The molecule has 4 nitrogen and oxygen atoms in total. The fourth-order valence-electron chi connectivity index (χ4n) is 3.60. The Morgan fingerprint density at radius 3 is 2.72 bits per heavy atom. The van der Waals surface area contributed by atoms with Crippen LogP contribution in [0.3, 0.4) is 0 Å². The smallest absolute Gasteiger partial charge is 0.254 e. The molecule has 3 aromatic rings. The highest BCUT2D eigenvalue weighted by molar-refractivity contribution is 5.96. The first-order valence-electron chi connectivity index (χ1n) is 8.61. The third-order valence-corrected chi connectivity index (χ3v) is 4.76. The number of amides is 1. The number of aromatic amines is 1. The van der Waals surface area contributed by atoms with Gasteiger partial charge in [0.25, 0.3) is 5.91 Å². The molecule has 0 fully saturated rings. The van der Waals surface area contributed by atoms with Crippen molar-refractivity contribution in [1.29, 1.82) is 0 Å². The highest BCUT2D eigenvalue weighted by Crippen LogP contribution is 2.28. The van der Waals surface area contributed by atoms with E-state index in [-0.39, 0.29) is 5.91 Å². The molecule has 1 N–H and O–H groups in total. The highest BCUT2D eigenvalue weighted by atomic mass is 16.2. The van der Waals surface area contributed by atoms with Crippen molar-refractivity contribution in [2.75, 3.05) is 13.1 Å². The van der Waals surface area contributed by atoms with Gasteiger partial charge >= 0.3 is 0 Å². The van der Waals surface area contributed by atoms with Gasteiger partial charge in [-0.1, -0.05) is 23.3 Å². The topological polar surface area (TPSA) is 49.0 Å². The van der Waals surface area contributed by atoms with Crippen molar-refractivity contribution in [2.45, 2.75) is 20.3 Å². The first-order chi connectivity index (χ1) is 12.1. The van der Waals surface area contributed by atoms with E-state index in [1.54, 1.807) is 6.20 Å². The standard InChI is InChI=1S/C21H21N3O/c1-14-10-15(2)12-17(11-14)21(25)24-8-5-16(6-9-24)19-13-23-20-18(19)4-3-7-22-20/h3-5,7,10-13H,6,8-9H2,1-2H3,(H,22,23). The Kier molecular flexibility index (Phi) is 3.88. The summed E-state index contributed by atoms with van der Waals surface area (Å²) >= 11 is 0. The Labute approximate surface area is 147 Å². The molecule has 1 aromatic carbocycles. The molecule has 0 saturated carbocycles. The summed E-state index contributed by atoms with van der Waals surface area (Å²) in [6.07, 6.45) is 6.84. The minimum atomic E-state index is 0.114. The van der Waals surface area contributed by atoms with Crippen LogP contribution in [0.1, 0.15) is 33.5 Å². The summed E-state index contributed by atoms with van der Waals surface area (Å²) in [5.74, 6) is 0.114. The summed E-state index contributed by atoms with van der Waals surface area (Å²) in [6, 6.07) is 10.1. The van der Waals surface area contributed by atoms with Crippen LogP contribution in [-0.4, -0.2) is 33.9 Å². The lowest BCUT2D eigenvalue weighted by molar-refractivity contribution is 0.0772. The third kappa shape index (κ3) is 2.95. The van der Waals surface area contributed by atoms with Gasteiger partial charge in [0.05, 0.1) is 0 Å². The number of carbonyl (C=O) groups excluding carboxylic acids is 1. The zero-order chi connectivity index (χ0) is 17.4. The van der Waals surface area contributed by atoms with Crippen molar-refractivity contribution in [3.63, 3.8) is 0 Å². The van der Waals surface area contributed by atoms with Crippen LogP contribution in [0.4, 0.5) is 0 Å². The van der Waals surface area contributed by atoms with Gasteiger partial charge < -0.3 is 9.88 Å². The normalized spacial score (nSPS) is 14.6. The SMILES string of the molecule is Cc1cc(C)cc(C(=O)N2CC=C(c3c[nH]c4ncccc34)CC2)c1. The maximum Gasteiger partial charge on any atom is 0.254 e. The summed E-state index contributed by atoms with van der Waals surface area (Å²) in [6.45, 7) is 5.45. The van der Waals surface area contributed by atoms with Gasteiger partial charge in [0, 0.05) is 42.0 Å². The largest absolute Gasteiger partial charge is 0.346 e. The lowest BCUT2D eigenvalue weighted by atomic mass is 9.99. The van der Waals surface area contributed by atoms with Crippen LogP contribution < -0.4 is 0 Å². The summed E-state index contributed by atoms with van der Waals surface area (Å²) in [5.41, 5.74) is 6.42. The van der Waals surface area contributed by atoms with Gasteiger partial charge in [0.1, 0.15) is 5.65 Å². The molecule has 1 aliphatic rings. The molecule has 0 spiro atoms. The van der Waals surface area contributed by atoms with Crippen molar-refractivity contribution >= 4 is 22.5 Å². The van der Waals surface area contributed by atoms with E-state index in [9.17, 15) is 4.79 Å². The van der Waals surface area contributed by atoms with Gasteiger partial charge in [-0.2, -0.15) is 0 Å². The number of H-pyrrole nitrogens is 1. The zero-order valence-electron chi connectivity index (χ0n) is 14.5. The molecule has 126 valence electrons. The lowest BCUT2D eigenvalue weighted by Gasteiger charge is -2.27. The van der Waals surface area contributed by atoms with Crippen LogP contribution >= 0.6 is 0 Å². The Balaban J connectivity index is 1.56. The molecule has 25 heavy (non-hydrogen) atoms. The summed E-state index contributed by atoms with van der Waals surface area (Å²) < 4.78 is 0. The Morgan fingerprint density at radius 2 is 2.00 bits per heavy atom. The van der Waals surface area contributed by atoms with Gasteiger partial charge in [0.15, 0.2) is 0 Å². The Bertz CT molecular complexity index is 963. The molecule has 0 saturated heterocycles. The summed E-state index contributed by atoms with van der Waals surface area (Å²) in [4.78, 5) is 22.3. The van der Waals surface area contributed by atoms with Gasteiger partial charge in [-0.3, -0.25) is 4.79 Å². The van der Waals surface area contributed by atoms with E-state index in [0.29, 0.717) is 6.54 Å². The number of carbonyl (C=O) groups is 1. The van der Waals surface area contributed by atoms with Crippen molar-refractivity contribution in [3.05, 3.63) is 71.1 Å². The molecule has 3 heterocycles. The first kappa shape index (κ1) is 15.6. The van der Waals surface area contributed by atoms with Gasteiger partial charge in [0.2, 0.25) is 0 Å². The number of nitrogens with one attached hydrogen (secondary N) is 1. The van der Waals surface area contributed by atoms with Crippen LogP contribution in [0.5, 0.6) is 0 Å². The van der Waals surface area contributed by atoms with Crippen molar-refractivity contribution in [3.8, 4) is 0 Å². The van der Waals surface area contributed by atoms with Crippen molar-refractivity contribution < 1.29 is 4.79 Å². The average molecular weight is 331 g/mol. The minimum Gasteiger partial charge on any atom is -0.346 e. The molecule has 1 amide bonds. The van der Waals surface area contributed by atoms with E-state index in [1.807, 2.05) is 43.1 Å². The lowest BCUT2D eigenvalue weighted by Crippen LogP contribution is -2.34. The molecule has 0 aliphatic carbocycles. The van der Waals surface area contributed by atoms with Gasteiger partial charge in [-0.15, -0.1) is 0 Å². The molecule has 4 heteroatoms. The third-order valence-electron chi connectivity index (χ3n) is 4.76. The second kappa shape index (κ2) is 6.20. The fourth-order valence-corrected chi connectivity index (χ4v) is 3.60. The molecule has 0 unspecified atom stereocenters. The van der Waals surface area contributed by atoms with E-state index < -0.39 is 0 Å². The summed E-state index contributed by atoms with van der Waals surface area (Å²) in [5, 5.41) is 1.14. The maximum atomic E-state index is 12.8. The molecule has 0 bridgehead atoms. The van der Waals surface area contributed by atoms with Crippen LogP contribution in [0.2, 0.25) is 0 Å². The first-order valence-corrected chi connectivity index (χ1v) is 8.61. The Morgan fingerprint density at radius 1 is 1.20 bits per heavy atom. The van der Waals surface area contributed by atoms with Crippen LogP contribution in [-0.2, 0) is 0 Å². The second-order valence-corrected chi connectivity index (χ2v) is 6.71. The number of hydrogen-bond acceptors (Lipinski definition) is 2. The molecular weight excluding hydrogens is 310 g/mol. The predicted octanol–water partition coefficient (Wildman–Crippen LogP) is 4.11. The highest BCUT2D eigenvalue weighted by Gasteiger charge is 2.21. The molecule has 2 aromatic heterocycles. The van der Waals surface area contributed by atoms with E-state index in [4.69, 9.17) is 0 Å². The number of aromatic nitrogens is 2. The Hall–Kier alpha value is -2.88. The van der Waals surface area contributed by atoms with Crippen molar-refractivity contribution in [2.24, 2.45) is 0 Å².